The number of morpholine rings is 1. The Morgan fingerprint density at radius 2 is 2.00 bits per heavy atom. The van der Waals surface area contributed by atoms with Crippen molar-refractivity contribution in [3.05, 3.63) is 82.3 Å². The number of aromatic amines is 1. The lowest BCUT2D eigenvalue weighted by molar-refractivity contribution is -0.138. The van der Waals surface area contributed by atoms with E-state index in [9.17, 15) is 23.9 Å². The van der Waals surface area contributed by atoms with Gasteiger partial charge >= 0.3 is 0 Å². The zero-order valence-electron chi connectivity index (χ0n) is 21.8. The molecule has 0 saturated carbocycles. The fraction of sp³-hybridized carbons (Fsp3) is 0.367. The van der Waals surface area contributed by atoms with Crippen LogP contribution in [0.2, 0.25) is 0 Å². The van der Waals surface area contributed by atoms with Gasteiger partial charge in [-0.1, -0.05) is 17.7 Å². The third-order valence-corrected chi connectivity index (χ3v) is 7.45. The smallest absolute Gasteiger partial charge is 0.227 e. The Hall–Kier alpha value is -3.82. The summed E-state index contributed by atoms with van der Waals surface area (Å²) in [4.78, 5) is 43.9. The number of nitrogens with one attached hydrogen (secondary N) is 2. The molecule has 3 heterocycles. The van der Waals surface area contributed by atoms with Crippen LogP contribution < -0.4 is 5.32 Å². The van der Waals surface area contributed by atoms with Gasteiger partial charge in [0.05, 0.1) is 25.2 Å². The third kappa shape index (κ3) is 5.94. The first-order valence-corrected chi connectivity index (χ1v) is 13.2. The predicted octanol–water partition coefficient (Wildman–Crippen LogP) is 3.15. The van der Waals surface area contributed by atoms with Crippen molar-refractivity contribution in [2.45, 2.75) is 44.8 Å². The molecule has 2 aliphatic heterocycles. The maximum absolute atomic E-state index is 14.9. The molecule has 0 radical (unpaired) electrons. The molecule has 8 nitrogen and oxygen atoms in total. The quantitative estimate of drug-likeness (QED) is 0.412. The van der Waals surface area contributed by atoms with Gasteiger partial charge in [-0.05, 0) is 65.8 Å². The molecular weight excluding hydrogens is 501 g/mol. The Morgan fingerprint density at radius 1 is 1.15 bits per heavy atom. The van der Waals surface area contributed by atoms with Crippen molar-refractivity contribution in [2.24, 2.45) is 0 Å². The van der Waals surface area contributed by atoms with Crippen LogP contribution in [0.15, 0.2) is 59.8 Å². The molecule has 0 spiro atoms. The number of amides is 2. The van der Waals surface area contributed by atoms with Crippen LogP contribution in [0, 0.1) is 5.82 Å². The van der Waals surface area contributed by atoms with Crippen LogP contribution in [0.5, 0.6) is 0 Å². The van der Waals surface area contributed by atoms with Gasteiger partial charge in [0.15, 0.2) is 5.78 Å². The van der Waals surface area contributed by atoms with Crippen LogP contribution in [0.3, 0.4) is 0 Å². The maximum atomic E-state index is 14.9. The van der Waals surface area contributed by atoms with Gasteiger partial charge in [-0.25, -0.2) is 4.39 Å². The second-order valence-corrected chi connectivity index (χ2v) is 10.2. The summed E-state index contributed by atoms with van der Waals surface area (Å²) in [5.74, 6) is -1.10. The van der Waals surface area contributed by atoms with E-state index in [4.69, 9.17) is 4.74 Å². The summed E-state index contributed by atoms with van der Waals surface area (Å²) < 4.78 is 20.4. The van der Waals surface area contributed by atoms with E-state index < -0.39 is 11.9 Å². The number of H-pyrrole nitrogens is 1. The summed E-state index contributed by atoms with van der Waals surface area (Å²) in [6.07, 6.45) is 2.15. The molecule has 5 rings (SSSR count). The number of nitrogens with zero attached hydrogens (tertiary/aromatic N) is 1. The standard InChI is InChI=1S/C30H32FN3O5/c1-18-12-27(37)33-30(29(18)26(36)14-19-2-5-25-20(13-19)6-8-32-25)21-3-4-24(31)22(15-21)16-28(38)34-9-11-39-23(17-34)7-10-35/h2-6,8,13,15,23,30,32,35H,7,9-12,14,16-17H2,1H3,(H,33,37). The second-order valence-electron chi connectivity index (χ2n) is 10.2. The van der Waals surface area contributed by atoms with Crippen molar-refractivity contribution in [1.82, 2.24) is 15.2 Å². The van der Waals surface area contributed by atoms with Crippen molar-refractivity contribution in [3.63, 3.8) is 0 Å². The van der Waals surface area contributed by atoms with Crippen LogP contribution in [0.1, 0.15) is 42.5 Å². The van der Waals surface area contributed by atoms with E-state index in [1.54, 1.807) is 24.0 Å². The highest BCUT2D eigenvalue weighted by Crippen LogP contribution is 2.32. The number of benzene rings is 2. The molecule has 1 aromatic heterocycles. The van der Waals surface area contributed by atoms with Crippen molar-refractivity contribution < 1.29 is 28.6 Å². The fourth-order valence-electron chi connectivity index (χ4n) is 5.46. The first-order valence-electron chi connectivity index (χ1n) is 13.2. The molecule has 3 N–H and O–H groups in total. The minimum absolute atomic E-state index is 0.0365. The van der Waals surface area contributed by atoms with E-state index in [-0.39, 0.29) is 55.1 Å². The predicted molar refractivity (Wildman–Crippen MR) is 143 cm³/mol. The number of carbonyl (C=O) groups is 3. The topological polar surface area (TPSA) is 112 Å². The Labute approximate surface area is 225 Å². The minimum atomic E-state index is -0.735. The third-order valence-electron chi connectivity index (χ3n) is 7.45. The van der Waals surface area contributed by atoms with Gasteiger partial charge < -0.3 is 25.0 Å². The number of rotatable bonds is 8. The van der Waals surface area contributed by atoms with E-state index in [1.807, 2.05) is 30.5 Å². The fourth-order valence-corrected chi connectivity index (χ4v) is 5.46. The zero-order valence-corrected chi connectivity index (χ0v) is 21.8. The molecule has 3 aromatic rings. The van der Waals surface area contributed by atoms with Crippen LogP contribution in [0.4, 0.5) is 4.39 Å². The first kappa shape index (κ1) is 26.8. The van der Waals surface area contributed by atoms with Gasteiger partial charge in [0.1, 0.15) is 5.82 Å². The molecule has 39 heavy (non-hydrogen) atoms. The molecule has 0 aliphatic carbocycles. The summed E-state index contributed by atoms with van der Waals surface area (Å²) in [7, 11) is 0. The number of fused-ring (bicyclic) bond motifs is 1. The summed E-state index contributed by atoms with van der Waals surface area (Å²) in [5, 5.41) is 13.1. The van der Waals surface area contributed by atoms with Gasteiger partial charge in [-0.15, -0.1) is 0 Å². The summed E-state index contributed by atoms with van der Waals surface area (Å²) in [5.41, 5.74) is 3.77. The van der Waals surface area contributed by atoms with Crippen molar-refractivity contribution in [3.8, 4) is 0 Å². The van der Waals surface area contributed by atoms with Gasteiger partial charge in [0, 0.05) is 49.8 Å². The largest absolute Gasteiger partial charge is 0.396 e. The molecular formula is C30H32FN3O5. The number of halogens is 1. The van der Waals surface area contributed by atoms with Crippen LogP contribution in [-0.4, -0.2) is 65.0 Å². The monoisotopic (exact) mass is 533 g/mol. The minimum Gasteiger partial charge on any atom is -0.396 e. The van der Waals surface area contributed by atoms with Crippen LogP contribution in [-0.2, 0) is 32.0 Å². The molecule has 2 atom stereocenters. The summed E-state index contributed by atoms with van der Waals surface area (Å²) in [6, 6.07) is 11.4. The number of Topliss-reactive ketones (excluding diaryl/α,β-unsaturated/α-hetero) is 1. The number of ether oxygens (including phenoxy) is 1. The second kappa shape index (κ2) is 11.5. The van der Waals surface area contributed by atoms with Crippen LogP contribution >= 0.6 is 0 Å². The first-order chi connectivity index (χ1) is 18.8. The van der Waals surface area contributed by atoms with E-state index in [0.29, 0.717) is 42.8 Å². The summed E-state index contributed by atoms with van der Waals surface area (Å²) >= 11 is 0. The molecule has 9 heteroatoms. The number of carbonyl (C=O) groups excluding carboxylic acids is 3. The normalized spacial score (nSPS) is 19.9. The number of aliphatic hydroxyl groups excluding tert-OH is 1. The average molecular weight is 534 g/mol. The molecule has 2 unspecified atom stereocenters. The highest BCUT2D eigenvalue weighted by atomic mass is 19.1. The van der Waals surface area contributed by atoms with Crippen molar-refractivity contribution >= 4 is 28.5 Å². The van der Waals surface area contributed by atoms with E-state index in [2.05, 4.69) is 10.3 Å². The number of hydrogen-bond donors (Lipinski definition) is 3. The molecule has 2 aromatic carbocycles. The molecule has 1 saturated heterocycles. The number of ketones is 1. The molecule has 1 fully saturated rings. The number of hydrogen-bond acceptors (Lipinski definition) is 5. The van der Waals surface area contributed by atoms with Crippen LogP contribution in [0.25, 0.3) is 10.9 Å². The van der Waals surface area contributed by atoms with E-state index >= 15 is 0 Å². The average Bonchev–Trinajstić information content (AvgIpc) is 3.38. The Morgan fingerprint density at radius 3 is 2.82 bits per heavy atom. The van der Waals surface area contributed by atoms with Gasteiger partial charge in [-0.2, -0.15) is 0 Å². The number of aromatic nitrogens is 1. The molecule has 204 valence electrons. The van der Waals surface area contributed by atoms with E-state index in [1.165, 1.54) is 6.07 Å². The zero-order chi connectivity index (χ0) is 27.5. The molecule has 2 aliphatic rings. The lowest BCUT2D eigenvalue weighted by atomic mass is 9.85. The highest BCUT2D eigenvalue weighted by molar-refractivity contribution is 6.02. The Bertz CT molecular complexity index is 1440. The van der Waals surface area contributed by atoms with Gasteiger partial charge in [-0.3, -0.25) is 14.4 Å². The van der Waals surface area contributed by atoms with Crippen molar-refractivity contribution in [2.75, 3.05) is 26.3 Å². The van der Waals surface area contributed by atoms with E-state index in [0.717, 1.165) is 16.5 Å². The van der Waals surface area contributed by atoms with Crippen molar-refractivity contribution in [1.29, 1.82) is 0 Å². The molecule has 2 amide bonds. The number of aliphatic hydroxyl groups is 1. The van der Waals surface area contributed by atoms with Gasteiger partial charge in [0.2, 0.25) is 11.8 Å². The Balaban J connectivity index is 1.37. The molecule has 0 bridgehead atoms. The highest BCUT2D eigenvalue weighted by Gasteiger charge is 2.32. The Kier molecular flexibility index (Phi) is 7.90. The van der Waals surface area contributed by atoms with Gasteiger partial charge in [0.25, 0.3) is 0 Å². The summed E-state index contributed by atoms with van der Waals surface area (Å²) in [6.45, 7) is 2.85. The lowest BCUT2D eigenvalue weighted by Gasteiger charge is -2.33. The SMILES string of the molecule is CC1=C(C(=O)Cc2ccc3[nH]ccc3c2)C(c2ccc(F)c(CC(=O)N3CCOC(CCO)C3)c2)NC(=O)C1. The maximum Gasteiger partial charge on any atom is 0.227 e. The lowest BCUT2D eigenvalue weighted by Crippen LogP contribution is -2.46.